The number of rotatable bonds is 45. The van der Waals surface area contributed by atoms with Crippen molar-refractivity contribution in [1.29, 1.82) is 0 Å². The Hall–Kier alpha value is -3.54. The second-order valence-electron chi connectivity index (χ2n) is 19.6. The van der Waals surface area contributed by atoms with E-state index in [0.29, 0.717) is 131 Å². The average molecular weight is 1010 g/mol. The van der Waals surface area contributed by atoms with Crippen LogP contribution in [-0.4, -0.2) is 202 Å². The van der Waals surface area contributed by atoms with Crippen LogP contribution < -0.4 is 21.7 Å². The quantitative estimate of drug-likeness (QED) is 0.0506. The number of nitrogens with two attached hydrogens (primary N) is 1. The molecule has 1 heterocycles. The molecule has 1 atom stereocenters. The second-order valence-corrected chi connectivity index (χ2v) is 19.6. The molecule has 0 spiro atoms. The summed E-state index contributed by atoms with van der Waals surface area (Å²) < 4.78 is 50.5. The molecule has 1 saturated heterocycles. The highest BCUT2D eigenvalue weighted by molar-refractivity contribution is 6.03. The van der Waals surface area contributed by atoms with E-state index in [1.165, 1.54) is 4.90 Å². The lowest BCUT2D eigenvalue weighted by atomic mass is 9.97. The highest BCUT2D eigenvalue weighted by atomic mass is 16.6. The summed E-state index contributed by atoms with van der Waals surface area (Å²) in [5.74, 6) is -1.46. The van der Waals surface area contributed by atoms with Gasteiger partial charge in [-0.05, 0) is 52.4 Å². The summed E-state index contributed by atoms with van der Waals surface area (Å²) in [6, 6.07) is -0.188. The van der Waals surface area contributed by atoms with Crippen molar-refractivity contribution in [2.45, 2.75) is 124 Å². The molecule has 1 aliphatic heterocycles. The van der Waals surface area contributed by atoms with E-state index in [4.69, 9.17) is 48.4 Å². The molecule has 1 fully saturated rings. The Morgan fingerprint density at radius 2 is 1.13 bits per heavy atom. The molecule has 1 unspecified atom stereocenters. The maximum Gasteiger partial charge on any atom is 0.314 e. The van der Waals surface area contributed by atoms with Crippen LogP contribution in [0.5, 0.6) is 0 Å². The highest BCUT2D eigenvalue weighted by Gasteiger charge is 2.38. The van der Waals surface area contributed by atoms with Crippen LogP contribution in [0.15, 0.2) is 0 Å². The third-order valence-corrected chi connectivity index (χ3v) is 10.8. The van der Waals surface area contributed by atoms with Crippen molar-refractivity contribution in [3.8, 4) is 0 Å². The van der Waals surface area contributed by atoms with Crippen LogP contribution in [0.3, 0.4) is 0 Å². The summed E-state index contributed by atoms with van der Waals surface area (Å²) in [5, 5.41) is 8.80. The Balaban J connectivity index is 2.24. The maximum absolute atomic E-state index is 13.3. The number of nitrogens with one attached hydrogen (secondary N) is 3. The minimum Gasteiger partial charge on any atom is -0.379 e. The topological polar surface area (TPSA) is 254 Å². The molecule has 21 nitrogen and oxygen atoms in total. The predicted molar refractivity (Wildman–Crippen MR) is 263 cm³/mol. The number of amides is 7. The maximum atomic E-state index is 13.3. The molecular weight excluding hydrogens is 913 g/mol. The number of likely N-dealkylation sites (tertiary alicyclic amines) is 1. The van der Waals surface area contributed by atoms with Crippen LogP contribution in [0, 0.1) is 11.3 Å². The zero-order valence-electron chi connectivity index (χ0n) is 44.1. The monoisotopic (exact) mass is 1000 g/mol. The average Bonchev–Trinajstić information content (AvgIpc) is 3.55. The highest BCUT2D eigenvalue weighted by Crippen LogP contribution is 2.25. The van der Waals surface area contributed by atoms with Gasteiger partial charge in [0.05, 0.1) is 111 Å². The summed E-state index contributed by atoms with van der Waals surface area (Å²) in [6.07, 6.45) is 4.36. The fourth-order valence-corrected chi connectivity index (χ4v) is 6.64. The first-order chi connectivity index (χ1) is 33.2. The molecule has 0 saturated carbocycles. The van der Waals surface area contributed by atoms with Gasteiger partial charge in [-0.25, -0.2) is 4.79 Å². The van der Waals surface area contributed by atoms with Crippen LogP contribution in [-0.2, 0) is 66.6 Å². The van der Waals surface area contributed by atoms with Gasteiger partial charge in [0.25, 0.3) is 0 Å². The van der Waals surface area contributed by atoms with E-state index in [1.807, 2.05) is 34.6 Å². The first-order valence-corrected chi connectivity index (χ1v) is 25.2. The molecule has 21 heteroatoms. The van der Waals surface area contributed by atoms with Gasteiger partial charge in [0.15, 0.2) is 0 Å². The Labute approximate surface area is 418 Å². The van der Waals surface area contributed by atoms with Gasteiger partial charge >= 0.3 is 6.03 Å². The van der Waals surface area contributed by atoms with Gasteiger partial charge in [-0.1, -0.05) is 40.5 Å². The van der Waals surface area contributed by atoms with Gasteiger partial charge in [0.2, 0.25) is 29.5 Å². The van der Waals surface area contributed by atoms with E-state index < -0.39 is 17.0 Å². The summed E-state index contributed by atoms with van der Waals surface area (Å²) in [4.78, 5) is 76.9. The lowest BCUT2D eigenvalue weighted by molar-refractivity contribution is -0.141. The van der Waals surface area contributed by atoms with Crippen LogP contribution in [0.2, 0.25) is 0 Å². The molecule has 0 aromatic rings. The normalized spacial score (nSPS) is 14.3. The van der Waals surface area contributed by atoms with Crippen molar-refractivity contribution in [3.05, 3.63) is 0 Å². The Bertz CT molecular complexity index is 1460. The van der Waals surface area contributed by atoms with E-state index in [0.717, 1.165) is 12.8 Å². The molecule has 0 aromatic heterocycles. The summed E-state index contributed by atoms with van der Waals surface area (Å²) in [7, 11) is 0. The third kappa shape index (κ3) is 35.5. The van der Waals surface area contributed by atoms with Crippen LogP contribution in [0.25, 0.3) is 0 Å². The smallest absolute Gasteiger partial charge is 0.314 e. The van der Waals surface area contributed by atoms with Gasteiger partial charge in [-0.15, -0.1) is 0 Å². The number of hydrogen-bond donors (Lipinski definition) is 4. The lowest BCUT2D eigenvalue weighted by Crippen LogP contribution is -2.45. The minimum absolute atomic E-state index is 0.0114. The fourth-order valence-electron chi connectivity index (χ4n) is 6.64. The Kier molecular flexibility index (Phi) is 35.1. The second kappa shape index (κ2) is 38.1. The van der Waals surface area contributed by atoms with Crippen molar-refractivity contribution >= 4 is 35.6 Å². The van der Waals surface area contributed by atoms with Crippen molar-refractivity contribution in [2.75, 3.05) is 145 Å². The SMILES string of the molecule is CCCCC1CC(=O)N(CCC(=O)N(CCOCCOCCOCCOCCC(N)=O)CCOCCOCCOCCOCCC(=O)NC(C)(C)CCOC(C)(C)CCNC(=O)NCC(C)(C)C)C1=O. The standard InChI is InChI=1S/C49H92N6O15/c1-9-10-11-40-38-44(59)55(45(40)60)18-12-43(58)54(19-24-64-28-32-68-36-34-66-30-26-62-21-13-41(50)56)20-25-65-29-33-69-37-35-67-31-27-63-22-14-42(57)53-48(5,6)16-23-70-49(7,8)15-17-51-46(61)52-39-47(2,3)4/h40H,9-39H2,1-8H3,(H2,50,56)(H,53,57)(H2,51,52,61). The number of primary amides is 1. The molecule has 0 bridgehead atoms. The summed E-state index contributed by atoms with van der Waals surface area (Å²) >= 11 is 0. The Morgan fingerprint density at radius 1 is 0.643 bits per heavy atom. The number of carbonyl (C=O) groups is 6. The first-order valence-electron chi connectivity index (χ1n) is 25.2. The Morgan fingerprint density at radius 3 is 1.61 bits per heavy atom. The molecule has 0 aliphatic carbocycles. The number of imide groups is 1. The van der Waals surface area contributed by atoms with Gasteiger partial charge in [0, 0.05) is 76.5 Å². The van der Waals surface area contributed by atoms with Crippen molar-refractivity contribution < 1.29 is 71.4 Å². The van der Waals surface area contributed by atoms with E-state index in [-0.39, 0.29) is 99.6 Å². The minimum atomic E-state index is -0.469. The first kappa shape index (κ1) is 64.5. The molecular formula is C49H92N6O15. The number of hydrogen-bond acceptors (Lipinski definition) is 15. The fraction of sp³-hybridized carbons (Fsp3) is 0.878. The number of urea groups is 1. The molecule has 70 heavy (non-hydrogen) atoms. The van der Waals surface area contributed by atoms with Gasteiger partial charge in [-0.3, -0.25) is 28.9 Å². The largest absolute Gasteiger partial charge is 0.379 e. The number of ether oxygens (including phenoxy) is 9. The van der Waals surface area contributed by atoms with Crippen LogP contribution in [0.4, 0.5) is 4.79 Å². The predicted octanol–water partition coefficient (Wildman–Crippen LogP) is 2.98. The lowest BCUT2D eigenvalue weighted by Gasteiger charge is -2.30. The molecule has 1 aliphatic rings. The summed E-state index contributed by atoms with van der Waals surface area (Å²) in [6.45, 7) is 23.5. The van der Waals surface area contributed by atoms with Gasteiger partial charge in [0.1, 0.15) is 0 Å². The van der Waals surface area contributed by atoms with E-state index in [1.54, 1.807) is 4.90 Å². The van der Waals surface area contributed by atoms with Crippen molar-refractivity contribution in [3.63, 3.8) is 0 Å². The summed E-state index contributed by atoms with van der Waals surface area (Å²) in [5.41, 5.74) is 4.18. The van der Waals surface area contributed by atoms with Gasteiger partial charge < -0.3 is 69.2 Å². The molecule has 5 N–H and O–H groups in total. The molecule has 408 valence electrons. The van der Waals surface area contributed by atoms with Crippen LogP contribution >= 0.6 is 0 Å². The number of nitrogens with zero attached hydrogens (tertiary/aromatic N) is 2. The number of unbranched alkanes of at least 4 members (excludes halogenated alkanes) is 1. The zero-order chi connectivity index (χ0) is 52.1. The molecule has 0 aromatic carbocycles. The van der Waals surface area contributed by atoms with Crippen molar-refractivity contribution in [1.82, 2.24) is 25.8 Å². The molecule has 7 amide bonds. The third-order valence-electron chi connectivity index (χ3n) is 10.8. The van der Waals surface area contributed by atoms with Crippen LogP contribution in [0.1, 0.15) is 113 Å². The molecule has 0 radical (unpaired) electrons. The van der Waals surface area contributed by atoms with Gasteiger partial charge in [-0.2, -0.15) is 0 Å². The zero-order valence-corrected chi connectivity index (χ0v) is 44.1. The number of carbonyl (C=O) groups excluding carboxylic acids is 6. The molecule has 1 rings (SSSR count). The van der Waals surface area contributed by atoms with E-state index >= 15 is 0 Å². The van der Waals surface area contributed by atoms with E-state index in [9.17, 15) is 28.8 Å². The van der Waals surface area contributed by atoms with E-state index in [2.05, 4.69) is 36.7 Å². The van der Waals surface area contributed by atoms with Crippen molar-refractivity contribution in [2.24, 2.45) is 17.1 Å².